The maximum atomic E-state index is 9.97. The van der Waals surface area contributed by atoms with E-state index in [4.69, 9.17) is 5.11 Å². The quantitative estimate of drug-likeness (QED) is 0.834. The predicted octanol–water partition coefficient (Wildman–Crippen LogP) is 1.64. The van der Waals surface area contributed by atoms with Crippen LogP contribution in [0.1, 0.15) is 24.8 Å². The molecule has 1 aliphatic rings. The van der Waals surface area contributed by atoms with Gasteiger partial charge >= 0.3 is 0 Å². The van der Waals surface area contributed by atoms with Crippen molar-refractivity contribution in [2.24, 2.45) is 5.92 Å². The van der Waals surface area contributed by atoms with Crippen molar-refractivity contribution in [2.45, 2.75) is 31.9 Å². The third-order valence-electron chi connectivity index (χ3n) is 3.76. The number of rotatable bonds is 5. The van der Waals surface area contributed by atoms with E-state index < -0.39 is 0 Å². The molecular weight excluding hydrogens is 226 g/mol. The molecule has 1 heterocycles. The molecule has 0 saturated carbocycles. The monoisotopic (exact) mass is 249 g/mol. The zero-order chi connectivity index (χ0) is 12.8. The van der Waals surface area contributed by atoms with Crippen LogP contribution in [-0.4, -0.2) is 40.9 Å². The van der Waals surface area contributed by atoms with Gasteiger partial charge < -0.3 is 10.2 Å². The number of piperidine rings is 1. The summed E-state index contributed by atoms with van der Waals surface area (Å²) >= 11 is 0. The van der Waals surface area contributed by atoms with E-state index in [1.807, 2.05) is 6.07 Å². The van der Waals surface area contributed by atoms with Gasteiger partial charge in [0.2, 0.25) is 0 Å². The third kappa shape index (κ3) is 3.80. The van der Waals surface area contributed by atoms with Gasteiger partial charge in [0.1, 0.15) is 0 Å². The molecule has 1 aromatic carbocycles. The first kappa shape index (κ1) is 13.5. The van der Waals surface area contributed by atoms with Crippen molar-refractivity contribution >= 4 is 0 Å². The highest BCUT2D eigenvalue weighted by molar-refractivity contribution is 5.14. The summed E-state index contributed by atoms with van der Waals surface area (Å²) in [6.45, 7) is 3.09. The lowest BCUT2D eigenvalue weighted by Crippen LogP contribution is -2.40. The first-order chi connectivity index (χ1) is 8.79. The highest BCUT2D eigenvalue weighted by Crippen LogP contribution is 2.22. The highest BCUT2D eigenvalue weighted by Gasteiger charge is 2.25. The fourth-order valence-electron chi connectivity index (χ4n) is 2.76. The van der Waals surface area contributed by atoms with Crippen molar-refractivity contribution in [3.63, 3.8) is 0 Å². The van der Waals surface area contributed by atoms with Gasteiger partial charge in [0, 0.05) is 19.7 Å². The van der Waals surface area contributed by atoms with Crippen molar-refractivity contribution in [1.29, 1.82) is 0 Å². The smallest absolute Gasteiger partial charge is 0.0602 e. The Morgan fingerprint density at radius 1 is 1.28 bits per heavy atom. The number of nitrogens with zero attached hydrogens (tertiary/aromatic N) is 1. The van der Waals surface area contributed by atoms with Crippen LogP contribution < -0.4 is 0 Å². The molecule has 1 aromatic rings. The van der Waals surface area contributed by atoms with Crippen molar-refractivity contribution in [3.8, 4) is 0 Å². The van der Waals surface area contributed by atoms with E-state index in [1.165, 1.54) is 5.56 Å². The van der Waals surface area contributed by atoms with Crippen LogP contribution >= 0.6 is 0 Å². The highest BCUT2D eigenvalue weighted by atomic mass is 16.3. The molecule has 0 radical (unpaired) electrons. The molecule has 0 bridgehead atoms. The summed E-state index contributed by atoms with van der Waals surface area (Å²) in [6, 6.07) is 10.5. The van der Waals surface area contributed by atoms with E-state index in [-0.39, 0.29) is 12.7 Å². The number of likely N-dealkylation sites (tertiary alicyclic amines) is 1. The van der Waals surface area contributed by atoms with E-state index in [1.54, 1.807) is 0 Å². The SMILES string of the molecule is OCC[C@H](O)[C@H]1CCCN(Cc2ccccc2)C1. The lowest BCUT2D eigenvalue weighted by atomic mass is 9.91. The molecule has 100 valence electrons. The molecule has 3 heteroatoms. The lowest BCUT2D eigenvalue weighted by molar-refractivity contribution is 0.0324. The first-order valence-corrected chi connectivity index (χ1v) is 6.85. The van der Waals surface area contributed by atoms with Crippen LogP contribution in [0, 0.1) is 5.92 Å². The fourth-order valence-corrected chi connectivity index (χ4v) is 2.76. The molecule has 2 N–H and O–H groups in total. The van der Waals surface area contributed by atoms with E-state index in [0.717, 1.165) is 32.5 Å². The minimum absolute atomic E-state index is 0.0797. The van der Waals surface area contributed by atoms with Gasteiger partial charge in [-0.25, -0.2) is 0 Å². The minimum Gasteiger partial charge on any atom is -0.396 e. The zero-order valence-electron chi connectivity index (χ0n) is 10.8. The lowest BCUT2D eigenvalue weighted by Gasteiger charge is -2.35. The summed E-state index contributed by atoms with van der Waals surface area (Å²) < 4.78 is 0. The number of hydrogen-bond acceptors (Lipinski definition) is 3. The van der Waals surface area contributed by atoms with E-state index in [0.29, 0.717) is 12.3 Å². The van der Waals surface area contributed by atoms with Gasteiger partial charge in [-0.15, -0.1) is 0 Å². The third-order valence-corrected chi connectivity index (χ3v) is 3.76. The normalized spacial score (nSPS) is 22.9. The maximum Gasteiger partial charge on any atom is 0.0602 e. The summed E-state index contributed by atoms with van der Waals surface area (Å²) in [6.07, 6.45) is 2.37. The topological polar surface area (TPSA) is 43.7 Å². The molecule has 0 unspecified atom stereocenters. The summed E-state index contributed by atoms with van der Waals surface area (Å²) in [4.78, 5) is 2.41. The second-order valence-electron chi connectivity index (χ2n) is 5.20. The molecule has 0 aliphatic carbocycles. The van der Waals surface area contributed by atoms with Gasteiger partial charge in [-0.2, -0.15) is 0 Å². The molecular formula is C15H23NO2. The molecule has 0 spiro atoms. The average molecular weight is 249 g/mol. The number of aliphatic hydroxyl groups is 2. The Hall–Kier alpha value is -0.900. The Morgan fingerprint density at radius 2 is 2.06 bits per heavy atom. The Labute approximate surface area is 109 Å². The fraction of sp³-hybridized carbons (Fsp3) is 0.600. The largest absolute Gasteiger partial charge is 0.396 e. The maximum absolute atomic E-state index is 9.97. The van der Waals surface area contributed by atoms with Crippen LogP contribution in [0.2, 0.25) is 0 Å². The molecule has 0 aromatic heterocycles. The number of hydrogen-bond donors (Lipinski definition) is 2. The van der Waals surface area contributed by atoms with Crippen molar-refractivity contribution in [3.05, 3.63) is 35.9 Å². The molecule has 18 heavy (non-hydrogen) atoms. The van der Waals surface area contributed by atoms with Crippen LogP contribution in [-0.2, 0) is 6.54 Å². The molecule has 1 saturated heterocycles. The Morgan fingerprint density at radius 3 is 2.78 bits per heavy atom. The van der Waals surface area contributed by atoms with Crippen LogP contribution in [0.4, 0.5) is 0 Å². The van der Waals surface area contributed by atoms with Gasteiger partial charge in [0.05, 0.1) is 6.10 Å². The van der Waals surface area contributed by atoms with Crippen LogP contribution in [0.15, 0.2) is 30.3 Å². The predicted molar refractivity (Wildman–Crippen MR) is 72.2 cm³/mol. The molecule has 2 atom stereocenters. The molecule has 1 fully saturated rings. The van der Waals surface area contributed by atoms with Gasteiger partial charge in [-0.05, 0) is 37.3 Å². The Balaban J connectivity index is 1.87. The molecule has 2 rings (SSSR count). The van der Waals surface area contributed by atoms with Crippen LogP contribution in [0.3, 0.4) is 0 Å². The Bertz CT molecular complexity index is 342. The second-order valence-corrected chi connectivity index (χ2v) is 5.20. The van der Waals surface area contributed by atoms with Crippen molar-refractivity contribution < 1.29 is 10.2 Å². The summed E-state index contributed by atoms with van der Waals surface area (Å²) in [5.41, 5.74) is 1.33. The van der Waals surface area contributed by atoms with Gasteiger partial charge in [-0.1, -0.05) is 30.3 Å². The van der Waals surface area contributed by atoms with Gasteiger partial charge in [-0.3, -0.25) is 4.90 Å². The van der Waals surface area contributed by atoms with E-state index in [2.05, 4.69) is 29.2 Å². The van der Waals surface area contributed by atoms with Crippen LogP contribution in [0.25, 0.3) is 0 Å². The van der Waals surface area contributed by atoms with Crippen molar-refractivity contribution in [2.75, 3.05) is 19.7 Å². The zero-order valence-corrected chi connectivity index (χ0v) is 10.8. The van der Waals surface area contributed by atoms with Gasteiger partial charge in [0.15, 0.2) is 0 Å². The van der Waals surface area contributed by atoms with Gasteiger partial charge in [0.25, 0.3) is 0 Å². The van der Waals surface area contributed by atoms with Crippen LogP contribution in [0.5, 0.6) is 0 Å². The Kier molecular flexibility index (Phi) is 5.17. The molecule has 1 aliphatic heterocycles. The van der Waals surface area contributed by atoms with Crippen molar-refractivity contribution in [1.82, 2.24) is 4.90 Å². The molecule has 0 amide bonds. The molecule has 3 nitrogen and oxygen atoms in total. The summed E-state index contributed by atoms with van der Waals surface area (Å²) in [7, 11) is 0. The minimum atomic E-state index is -0.353. The number of aliphatic hydroxyl groups excluding tert-OH is 2. The average Bonchev–Trinajstić information content (AvgIpc) is 2.40. The summed E-state index contributed by atoms with van der Waals surface area (Å²) in [5, 5.41) is 18.9. The number of benzene rings is 1. The van der Waals surface area contributed by atoms with E-state index in [9.17, 15) is 5.11 Å². The second kappa shape index (κ2) is 6.88. The first-order valence-electron chi connectivity index (χ1n) is 6.85. The standard InChI is InChI=1S/C15H23NO2/c17-10-8-15(18)14-7-4-9-16(12-14)11-13-5-2-1-3-6-13/h1-3,5-6,14-15,17-18H,4,7-12H2/t14-,15-/m0/s1. The summed E-state index contributed by atoms with van der Waals surface area (Å²) in [5.74, 6) is 0.314. The van der Waals surface area contributed by atoms with E-state index >= 15 is 0 Å².